The number of nitrogens with zero attached hydrogens (tertiary/aromatic N) is 1. The van der Waals surface area contributed by atoms with Crippen molar-refractivity contribution in [3.63, 3.8) is 0 Å². The molecule has 1 atom stereocenters. The zero-order valence-electron chi connectivity index (χ0n) is 24.9. The molecule has 0 radical (unpaired) electrons. The summed E-state index contributed by atoms with van der Waals surface area (Å²) in [5.74, 6) is 2.37. The molecule has 1 saturated heterocycles. The molecule has 5 rings (SSSR count). The minimum atomic E-state index is -0.356. The fourth-order valence-electron chi connectivity index (χ4n) is 5.54. The molecule has 0 bridgehead atoms. The molecule has 2 aliphatic heterocycles. The Balaban J connectivity index is 1.15. The molecule has 3 aromatic rings. The number of nitrogens with one attached hydrogen (secondary N) is 1. The van der Waals surface area contributed by atoms with Crippen molar-refractivity contribution in [3.8, 4) is 17.2 Å². The van der Waals surface area contributed by atoms with E-state index in [9.17, 15) is 9.59 Å². The Morgan fingerprint density at radius 2 is 1.74 bits per heavy atom. The molecule has 0 saturated carbocycles. The molecule has 0 aromatic heterocycles. The van der Waals surface area contributed by atoms with Crippen LogP contribution in [0.3, 0.4) is 0 Å². The number of ether oxygens (including phenoxy) is 3. The Hall–Kier alpha value is -3.75. The third-order valence-electron chi connectivity index (χ3n) is 7.96. The maximum atomic E-state index is 11.8. The van der Waals surface area contributed by atoms with Crippen LogP contribution in [0, 0.1) is 20.8 Å². The Morgan fingerprint density at radius 1 is 1.00 bits per heavy atom. The highest BCUT2D eigenvalue weighted by molar-refractivity contribution is 8.18. The van der Waals surface area contributed by atoms with Gasteiger partial charge in [-0.1, -0.05) is 42.5 Å². The van der Waals surface area contributed by atoms with Crippen molar-refractivity contribution in [1.82, 2.24) is 10.2 Å². The first-order valence-electron chi connectivity index (χ1n) is 14.3. The van der Waals surface area contributed by atoms with Crippen molar-refractivity contribution >= 4 is 29.0 Å². The summed E-state index contributed by atoms with van der Waals surface area (Å²) in [6, 6.07) is 17.8. The number of rotatable bonds is 10. The van der Waals surface area contributed by atoms with Crippen LogP contribution in [0.15, 0.2) is 59.5 Å². The van der Waals surface area contributed by atoms with Gasteiger partial charge in [0.15, 0.2) is 0 Å². The number of carbonyl (C=O) groups is 2. The molecule has 2 amide bonds. The van der Waals surface area contributed by atoms with Gasteiger partial charge in [0.05, 0.1) is 4.91 Å². The van der Waals surface area contributed by atoms with Crippen LogP contribution in [0.5, 0.6) is 17.2 Å². The first-order chi connectivity index (χ1) is 20.1. The second kappa shape index (κ2) is 12.6. The molecule has 2 heterocycles. The van der Waals surface area contributed by atoms with Crippen molar-refractivity contribution in [2.45, 2.75) is 52.7 Å². The van der Waals surface area contributed by atoms with Gasteiger partial charge in [0.25, 0.3) is 11.1 Å². The Bertz CT molecular complexity index is 1500. The van der Waals surface area contributed by atoms with Crippen molar-refractivity contribution in [2.75, 3.05) is 26.7 Å². The topological polar surface area (TPSA) is 77.1 Å². The monoisotopic (exact) mass is 586 g/mol. The molecule has 8 heteroatoms. The van der Waals surface area contributed by atoms with Gasteiger partial charge in [0, 0.05) is 18.7 Å². The highest BCUT2D eigenvalue weighted by Gasteiger charge is 2.35. The highest BCUT2D eigenvalue weighted by Crippen LogP contribution is 2.44. The maximum absolute atomic E-state index is 11.8. The fourth-order valence-corrected chi connectivity index (χ4v) is 6.22. The van der Waals surface area contributed by atoms with E-state index in [4.69, 9.17) is 14.2 Å². The van der Waals surface area contributed by atoms with Crippen molar-refractivity contribution in [3.05, 3.63) is 92.9 Å². The van der Waals surface area contributed by atoms with Crippen molar-refractivity contribution < 1.29 is 23.8 Å². The Morgan fingerprint density at radius 3 is 2.43 bits per heavy atom. The van der Waals surface area contributed by atoms with E-state index in [0.717, 1.165) is 77.2 Å². The first kappa shape index (κ1) is 29.7. The number of hydrogen-bond donors (Lipinski definition) is 1. The van der Waals surface area contributed by atoms with Crippen LogP contribution < -0.4 is 19.5 Å². The summed E-state index contributed by atoms with van der Waals surface area (Å²) in [6.45, 7) is 11.2. The largest absolute Gasteiger partial charge is 0.492 e. The zero-order chi connectivity index (χ0) is 29.9. The Kier molecular flexibility index (Phi) is 8.94. The Labute approximate surface area is 252 Å². The maximum Gasteiger partial charge on any atom is 0.290 e. The number of amides is 2. The third-order valence-corrected chi connectivity index (χ3v) is 8.77. The fraction of sp³-hybridized carbons (Fsp3) is 0.353. The van der Waals surface area contributed by atoms with Crippen LogP contribution in [-0.4, -0.2) is 48.4 Å². The minimum absolute atomic E-state index is 0.307. The lowest BCUT2D eigenvalue weighted by atomic mass is 9.87. The first-order valence-corrected chi connectivity index (χ1v) is 15.1. The number of thioether (sulfide) groups is 1. The second-order valence-electron chi connectivity index (χ2n) is 11.3. The van der Waals surface area contributed by atoms with Crippen LogP contribution in [0.1, 0.15) is 46.7 Å². The number of benzene rings is 3. The molecule has 0 aliphatic carbocycles. The summed E-state index contributed by atoms with van der Waals surface area (Å²) >= 11 is 0.912. The van der Waals surface area contributed by atoms with Crippen LogP contribution >= 0.6 is 11.8 Å². The highest BCUT2D eigenvalue weighted by atomic mass is 32.2. The van der Waals surface area contributed by atoms with E-state index in [0.29, 0.717) is 18.1 Å². The van der Waals surface area contributed by atoms with Gasteiger partial charge in [-0.25, -0.2) is 0 Å². The molecular formula is C34H38N2O5S. The van der Waals surface area contributed by atoms with Gasteiger partial charge < -0.3 is 14.2 Å². The van der Waals surface area contributed by atoms with E-state index >= 15 is 0 Å². The molecular weight excluding hydrogens is 548 g/mol. The van der Waals surface area contributed by atoms with E-state index in [1.165, 1.54) is 11.1 Å². The summed E-state index contributed by atoms with van der Waals surface area (Å²) in [5.41, 5.74) is 6.40. The lowest BCUT2D eigenvalue weighted by Gasteiger charge is -2.40. The molecule has 42 heavy (non-hydrogen) atoms. The second-order valence-corrected chi connectivity index (χ2v) is 12.4. The molecule has 0 spiro atoms. The van der Waals surface area contributed by atoms with E-state index in [1.54, 1.807) is 6.08 Å². The molecule has 1 fully saturated rings. The molecule has 7 nitrogen and oxygen atoms in total. The number of hydrogen-bond acceptors (Lipinski definition) is 7. The van der Waals surface area contributed by atoms with Gasteiger partial charge in [-0.3, -0.25) is 19.8 Å². The molecule has 3 aromatic carbocycles. The molecule has 2 aliphatic rings. The van der Waals surface area contributed by atoms with Crippen molar-refractivity contribution in [1.29, 1.82) is 0 Å². The average molecular weight is 587 g/mol. The average Bonchev–Trinajstić information content (AvgIpc) is 3.28. The number of carbonyl (C=O) groups excluding carboxylic acids is 2. The summed E-state index contributed by atoms with van der Waals surface area (Å²) < 4.78 is 19.1. The van der Waals surface area contributed by atoms with Gasteiger partial charge in [0.2, 0.25) is 0 Å². The standard InChI is InChI=1S/C34H38N2O5S/c1-22-23(2)31-28(24(3)30(22)40-20-26-9-7-6-8-10-26)15-16-34(4,41-31)21-36(5)17-18-39-27-13-11-25(12-14-27)19-29-32(37)35-33(38)42-29/h6-14,19H,15-18,20-21H2,1-5H3,(H,35,37,38)/b29-19+. The van der Waals surface area contributed by atoms with E-state index in [1.807, 2.05) is 42.5 Å². The summed E-state index contributed by atoms with van der Waals surface area (Å²) in [4.78, 5) is 25.8. The number of imide groups is 1. The van der Waals surface area contributed by atoms with Gasteiger partial charge in [0.1, 0.15) is 36.1 Å². The van der Waals surface area contributed by atoms with Gasteiger partial charge >= 0.3 is 0 Å². The summed E-state index contributed by atoms with van der Waals surface area (Å²) in [6.07, 6.45) is 3.57. The van der Waals surface area contributed by atoms with Crippen molar-refractivity contribution in [2.24, 2.45) is 0 Å². The van der Waals surface area contributed by atoms with Gasteiger partial charge in [-0.15, -0.1) is 0 Å². The SMILES string of the molecule is Cc1c(C)c2c(c(C)c1OCc1ccccc1)CCC(C)(CN(C)CCOc1ccc(/C=C3/SC(=O)NC3=O)cc1)O2. The molecule has 220 valence electrons. The summed E-state index contributed by atoms with van der Waals surface area (Å²) in [7, 11) is 2.10. The van der Waals surface area contributed by atoms with E-state index < -0.39 is 0 Å². The van der Waals surface area contributed by atoms with Gasteiger partial charge in [-0.2, -0.15) is 0 Å². The predicted molar refractivity (Wildman–Crippen MR) is 167 cm³/mol. The summed E-state index contributed by atoms with van der Waals surface area (Å²) in [5, 5.41) is 1.92. The van der Waals surface area contributed by atoms with E-state index in [-0.39, 0.29) is 16.7 Å². The molecule has 1 unspecified atom stereocenters. The normalized spacial score (nSPS) is 19.0. The van der Waals surface area contributed by atoms with Crippen LogP contribution in [0.2, 0.25) is 0 Å². The third kappa shape index (κ3) is 6.82. The predicted octanol–water partition coefficient (Wildman–Crippen LogP) is 6.61. The zero-order valence-corrected chi connectivity index (χ0v) is 25.7. The lowest BCUT2D eigenvalue weighted by molar-refractivity contribution is -0.115. The van der Waals surface area contributed by atoms with E-state index in [2.05, 4.69) is 57.1 Å². The molecule has 1 N–H and O–H groups in total. The minimum Gasteiger partial charge on any atom is -0.492 e. The van der Waals surface area contributed by atoms with Crippen LogP contribution in [0.25, 0.3) is 6.08 Å². The van der Waals surface area contributed by atoms with Crippen LogP contribution in [-0.2, 0) is 17.8 Å². The van der Waals surface area contributed by atoms with Gasteiger partial charge in [-0.05, 0) is 105 Å². The number of fused-ring (bicyclic) bond motifs is 1. The quantitative estimate of drug-likeness (QED) is 0.268. The van der Waals surface area contributed by atoms with Crippen LogP contribution in [0.4, 0.5) is 4.79 Å². The lowest BCUT2D eigenvalue weighted by Crippen LogP contribution is -2.47. The number of likely N-dealkylation sites (N-methyl/N-ethyl adjacent to an activating group) is 1. The smallest absolute Gasteiger partial charge is 0.290 e.